The van der Waals surface area contributed by atoms with Crippen molar-refractivity contribution in [2.75, 3.05) is 46.3 Å². The van der Waals surface area contributed by atoms with Gasteiger partial charge in [0.2, 0.25) is 5.91 Å². The van der Waals surface area contributed by atoms with E-state index in [-0.39, 0.29) is 5.91 Å². The predicted octanol–water partition coefficient (Wildman–Crippen LogP) is 1.40. The lowest BCUT2D eigenvalue weighted by Crippen LogP contribution is -2.54. The van der Waals surface area contributed by atoms with Gasteiger partial charge in [-0.05, 0) is 32.4 Å². The molecule has 1 aromatic rings. The lowest BCUT2D eigenvalue weighted by atomic mass is 10.0. The molecule has 5 nitrogen and oxygen atoms in total. The summed E-state index contributed by atoms with van der Waals surface area (Å²) in [7, 11) is 2.15. The van der Waals surface area contributed by atoms with Gasteiger partial charge in [-0.2, -0.15) is 0 Å². The largest absolute Gasteiger partial charge is 0.352 e. The first-order valence-electron chi connectivity index (χ1n) is 9.58. The molecule has 2 aliphatic rings. The molecule has 0 unspecified atom stereocenters. The monoisotopic (exact) mass is 344 g/mol. The Morgan fingerprint density at radius 3 is 2.52 bits per heavy atom. The molecule has 2 heterocycles. The van der Waals surface area contributed by atoms with Gasteiger partial charge < -0.3 is 10.2 Å². The highest BCUT2D eigenvalue weighted by Crippen LogP contribution is 2.14. The van der Waals surface area contributed by atoms with E-state index in [1.54, 1.807) is 0 Å². The molecule has 2 aliphatic heterocycles. The van der Waals surface area contributed by atoms with Crippen LogP contribution in [-0.2, 0) is 11.3 Å². The Hall–Kier alpha value is -1.43. The molecule has 1 atom stereocenters. The lowest BCUT2D eigenvalue weighted by molar-refractivity contribution is -0.124. The first-order valence-corrected chi connectivity index (χ1v) is 9.58. The van der Waals surface area contributed by atoms with Gasteiger partial charge in [0.1, 0.15) is 0 Å². The van der Waals surface area contributed by atoms with Crippen LogP contribution in [0.15, 0.2) is 30.3 Å². The van der Waals surface area contributed by atoms with Crippen molar-refractivity contribution in [3.63, 3.8) is 0 Å². The van der Waals surface area contributed by atoms with Gasteiger partial charge in [0.25, 0.3) is 0 Å². The number of carbonyl (C=O) groups excluding carboxylic acids is 1. The van der Waals surface area contributed by atoms with Crippen LogP contribution >= 0.6 is 0 Å². The summed E-state index contributed by atoms with van der Waals surface area (Å²) < 4.78 is 0. The van der Waals surface area contributed by atoms with Crippen molar-refractivity contribution in [1.82, 2.24) is 20.0 Å². The molecule has 25 heavy (non-hydrogen) atoms. The first-order chi connectivity index (χ1) is 12.1. The Morgan fingerprint density at radius 1 is 1.12 bits per heavy atom. The number of piperazine rings is 1. The SMILES string of the molecule is C[C@@H]1CN(C)CCN1CC(=O)NC1CCN(Cc2ccccc2)CC1. The molecule has 138 valence electrons. The third kappa shape index (κ3) is 5.53. The summed E-state index contributed by atoms with van der Waals surface area (Å²) in [5, 5.41) is 3.26. The highest BCUT2D eigenvalue weighted by atomic mass is 16.2. The van der Waals surface area contributed by atoms with Crippen molar-refractivity contribution in [2.24, 2.45) is 0 Å². The summed E-state index contributed by atoms with van der Waals surface area (Å²) in [4.78, 5) is 19.5. The van der Waals surface area contributed by atoms with Gasteiger partial charge in [-0.3, -0.25) is 14.6 Å². The highest BCUT2D eigenvalue weighted by Gasteiger charge is 2.25. The summed E-state index contributed by atoms with van der Waals surface area (Å²) in [5.41, 5.74) is 1.37. The fourth-order valence-electron chi connectivity index (χ4n) is 3.95. The first kappa shape index (κ1) is 18.4. The number of carbonyl (C=O) groups is 1. The smallest absolute Gasteiger partial charge is 0.234 e. The topological polar surface area (TPSA) is 38.8 Å². The van der Waals surface area contributed by atoms with Crippen molar-refractivity contribution < 1.29 is 4.79 Å². The van der Waals surface area contributed by atoms with Crippen LogP contribution in [0.4, 0.5) is 0 Å². The zero-order valence-corrected chi connectivity index (χ0v) is 15.7. The molecule has 2 fully saturated rings. The summed E-state index contributed by atoms with van der Waals surface area (Å²) in [6.07, 6.45) is 2.10. The molecule has 0 aromatic heterocycles. The van der Waals surface area contributed by atoms with Crippen LogP contribution in [0, 0.1) is 0 Å². The van der Waals surface area contributed by atoms with Gasteiger partial charge in [0, 0.05) is 51.4 Å². The number of likely N-dealkylation sites (N-methyl/N-ethyl adjacent to an activating group) is 1. The van der Waals surface area contributed by atoms with E-state index >= 15 is 0 Å². The maximum atomic E-state index is 12.4. The van der Waals surface area contributed by atoms with Crippen LogP contribution in [0.5, 0.6) is 0 Å². The van der Waals surface area contributed by atoms with Crippen molar-refractivity contribution in [3.8, 4) is 0 Å². The number of hydrogen-bond acceptors (Lipinski definition) is 4. The highest BCUT2D eigenvalue weighted by molar-refractivity contribution is 5.78. The number of piperidine rings is 1. The van der Waals surface area contributed by atoms with E-state index < -0.39 is 0 Å². The number of rotatable bonds is 5. The van der Waals surface area contributed by atoms with Gasteiger partial charge in [0.15, 0.2) is 0 Å². The number of nitrogens with zero attached hydrogens (tertiary/aromatic N) is 3. The number of likely N-dealkylation sites (tertiary alicyclic amines) is 1. The van der Waals surface area contributed by atoms with Crippen LogP contribution < -0.4 is 5.32 Å². The second-order valence-corrected chi connectivity index (χ2v) is 7.69. The third-order valence-electron chi connectivity index (χ3n) is 5.52. The van der Waals surface area contributed by atoms with E-state index in [1.807, 2.05) is 0 Å². The molecule has 0 saturated carbocycles. The fourth-order valence-corrected chi connectivity index (χ4v) is 3.95. The van der Waals surface area contributed by atoms with E-state index in [9.17, 15) is 4.79 Å². The maximum absolute atomic E-state index is 12.4. The zero-order valence-electron chi connectivity index (χ0n) is 15.7. The molecule has 0 bridgehead atoms. The van der Waals surface area contributed by atoms with Gasteiger partial charge in [0.05, 0.1) is 6.54 Å². The second kappa shape index (κ2) is 8.79. The molecule has 3 rings (SSSR count). The average Bonchev–Trinajstić information content (AvgIpc) is 2.60. The Labute approximate surface area is 152 Å². The lowest BCUT2D eigenvalue weighted by Gasteiger charge is -2.38. The number of benzene rings is 1. The minimum Gasteiger partial charge on any atom is -0.352 e. The zero-order chi connectivity index (χ0) is 17.6. The van der Waals surface area contributed by atoms with Crippen LogP contribution in [0.2, 0.25) is 0 Å². The van der Waals surface area contributed by atoms with Crippen LogP contribution in [-0.4, -0.2) is 79.0 Å². The van der Waals surface area contributed by atoms with Crippen molar-refractivity contribution >= 4 is 5.91 Å². The number of nitrogens with one attached hydrogen (secondary N) is 1. The van der Waals surface area contributed by atoms with Crippen molar-refractivity contribution in [1.29, 1.82) is 0 Å². The molecule has 1 amide bonds. The van der Waals surface area contributed by atoms with Crippen LogP contribution in [0.3, 0.4) is 0 Å². The summed E-state index contributed by atoms with van der Waals surface area (Å²) in [6, 6.07) is 11.4. The van der Waals surface area contributed by atoms with Crippen LogP contribution in [0.25, 0.3) is 0 Å². The van der Waals surface area contributed by atoms with Gasteiger partial charge in [-0.1, -0.05) is 30.3 Å². The van der Waals surface area contributed by atoms with E-state index in [1.165, 1.54) is 5.56 Å². The molecule has 0 aliphatic carbocycles. The molecule has 1 N–H and O–H groups in total. The van der Waals surface area contributed by atoms with Crippen molar-refractivity contribution in [3.05, 3.63) is 35.9 Å². The Bertz CT molecular complexity index is 542. The fraction of sp³-hybridized carbons (Fsp3) is 0.650. The van der Waals surface area contributed by atoms with Gasteiger partial charge >= 0.3 is 0 Å². The van der Waals surface area contributed by atoms with Crippen molar-refractivity contribution in [2.45, 2.75) is 38.4 Å². The predicted molar refractivity (Wildman–Crippen MR) is 101 cm³/mol. The van der Waals surface area contributed by atoms with Gasteiger partial charge in [-0.15, -0.1) is 0 Å². The number of amides is 1. The van der Waals surface area contributed by atoms with Gasteiger partial charge in [-0.25, -0.2) is 0 Å². The normalized spacial score (nSPS) is 24.3. The molecule has 1 aromatic carbocycles. The maximum Gasteiger partial charge on any atom is 0.234 e. The Kier molecular flexibility index (Phi) is 6.45. The minimum absolute atomic E-state index is 0.193. The van der Waals surface area contributed by atoms with E-state index in [0.717, 1.165) is 52.1 Å². The Morgan fingerprint density at radius 2 is 1.84 bits per heavy atom. The van der Waals surface area contributed by atoms with E-state index in [2.05, 4.69) is 64.3 Å². The standard InChI is InChI=1S/C20H32N4O/c1-17-14-22(2)12-13-24(17)16-20(25)21-19-8-10-23(11-9-19)15-18-6-4-3-5-7-18/h3-7,17,19H,8-16H2,1-2H3,(H,21,25)/t17-/m1/s1. The summed E-state index contributed by atoms with van der Waals surface area (Å²) in [6.45, 7) is 8.97. The third-order valence-corrected chi connectivity index (χ3v) is 5.52. The molecular formula is C20H32N4O. The molecular weight excluding hydrogens is 312 g/mol. The molecule has 0 spiro atoms. The minimum atomic E-state index is 0.193. The molecule has 0 radical (unpaired) electrons. The van der Waals surface area contributed by atoms with Crippen LogP contribution in [0.1, 0.15) is 25.3 Å². The second-order valence-electron chi connectivity index (χ2n) is 7.69. The van der Waals surface area contributed by atoms with E-state index in [4.69, 9.17) is 0 Å². The number of hydrogen-bond donors (Lipinski definition) is 1. The quantitative estimate of drug-likeness (QED) is 0.876. The Balaban J connectivity index is 1.38. The average molecular weight is 345 g/mol. The summed E-state index contributed by atoms with van der Waals surface area (Å²) >= 11 is 0. The van der Waals surface area contributed by atoms with E-state index in [0.29, 0.717) is 18.6 Å². The molecule has 2 saturated heterocycles. The molecule has 5 heteroatoms. The summed E-state index contributed by atoms with van der Waals surface area (Å²) in [5.74, 6) is 0.193.